The Morgan fingerprint density at radius 1 is 1.27 bits per heavy atom. The van der Waals surface area contributed by atoms with E-state index >= 15 is 0 Å². The molecule has 4 rings (SSSR count). The Balaban J connectivity index is 1.63. The van der Waals surface area contributed by atoms with Crippen molar-refractivity contribution in [2.75, 3.05) is 26.7 Å². The molecule has 0 saturated carbocycles. The van der Waals surface area contributed by atoms with Gasteiger partial charge in [0, 0.05) is 30.6 Å². The van der Waals surface area contributed by atoms with E-state index in [2.05, 4.69) is 10.3 Å². The molecule has 0 radical (unpaired) electrons. The molecular weight excluding hydrogens is 366 g/mol. The highest BCUT2D eigenvalue weighted by Crippen LogP contribution is 2.32. The molecule has 2 aromatic heterocycles. The third-order valence-electron chi connectivity index (χ3n) is 4.46. The highest BCUT2D eigenvalue weighted by Gasteiger charge is 2.31. The normalized spacial score (nSPS) is 17.3. The van der Waals surface area contributed by atoms with Crippen molar-refractivity contribution in [3.63, 3.8) is 0 Å². The Kier molecular flexibility index (Phi) is 5.01. The van der Waals surface area contributed by atoms with Crippen molar-refractivity contribution in [1.29, 1.82) is 0 Å². The lowest BCUT2D eigenvalue weighted by Gasteiger charge is -2.36. The fraction of sp³-hybridized carbons (Fsp3) is 0.263. The van der Waals surface area contributed by atoms with Crippen LogP contribution in [-0.2, 0) is 0 Å². The summed E-state index contributed by atoms with van der Waals surface area (Å²) >= 11 is 3.15. The maximum Gasteiger partial charge on any atom is 0.273 e. The van der Waals surface area contributed by atoms with Gasteiger partial charge >= 0.3 is 0 Å². The third-order valence-corrected chi connectivity index (χ3v) is 6.34. The molecule has 0 bridgehead atoms. The van der Waals surface area contributed by atoms with Crippen molar-refractivity contribution in [2.45, 2.75) is 6.04 Å². The van der Waals surface area contributed by atoms with Crippen LogP contribution < -0.4 is 10.1 Å². The van der Waals surface area contributed by atoms with Crippen LogP contribution in [0.5, 0.6) is 5.75 Å². The summed E-state index contributed by atoms with van der Waals surface area (Å²) in [5, 5.41) is 8.16. The van der Waals surface area contributed by atoms with Crippen molar-refractivity contribution >= 4 is 28.6 Å². The number of aromatic nitrogens is 1. The topological polar surface area (TPSA) is 54.5 Å². The number of hydrogen-bond donors (Lipinski definition) is 1. The van der Waals surface area contributed by atoms with Gasteiger partial charge in [0.2, 0.25) is 0 Å². The number of rotatable bonds is 4. The molecule has 1 atom stereocenters. The van der Waals surface area contributed by atoms with Crippen molar-refractivity contribution in [3.8, 4) is 15.6 Å². The average Bonchev–Trinajstić information content (AvgIpc) is 3.39. The molecule has 1 amide bonds. The van der Waals surface area contributed by atoms with E-state index in [1.54, 1.807) is 18.4 Å². The Morgan fingerprint density at radius 2 is 2.15 bits per heavy atom. The lowest BCUT2D eigenvalue weighted by atomic mass is 10.0. The Hall–Kier alpha value is -2.22. The van der Waals surface area contributed by atoms with Crippen LogP contribution in [0.4, 0.5) is 0 Å². The second kappa shape index (κ2) is 7.57. The van der Waals surface area contributed by atoms with Gasteiger partial charge in [-0.2, -0.15) is 0 Å². The highest BCUT2D eigenvalue weighted by molar-refractivity contribution is 7.20. The number of benzene rings is 1. The third kappa shape index (κ3) is 3.25. The summed E-state index contributed by atoms with van der Waals surface area (Å²) in [7, 11) is 1.66. The van der Waals surface area contributed by atoms with Crippen LogP contribution in [0.25, 0.3) is 9.88 Å². The summed E-state index contributed by atoms with van der Waals surface area (Å²) in [6, 6.07) is 11.8. The number of hydrogen-bond acceptors (Lipinski definition) is 6. The second-order valence-corrected chi connectivity index (χ2v) is 7.78. The standard InChI is InChI=1S/C19H19N3O2S2/c1-24-16-6-3-2-5-13(16)15-11-20-8-9-22(15)19(23)14-12-26-18(21-14)17-7-4-10-25-17/h2-7,10,12,15,20H,8-9,11H2,1H3. The number of carbonyl (C=O) groups excluding carboxylic acids is 1. The van der Waals surface area contributed by atoms with Crippen molar-refractivity contribution in [1.82, 2.24) is 15.2 Å². The van der Waals surface area contributed by atoms with Crippen LogP contribution >= 0.6 is 22.7 Å². The molecule has 1 aromatic carbocycles. The zero-order chi connectivity index (χ0) is 17.9. The monoisotopic (exact) mass is 385 g/mol. The number of amides is 1. The lowest BCUT2D eigenvalue weighted by molar-refractivity contribution is 0.0626. The van der Waals surface area contributed by atoms with Crippen molar-refractivity contribution in [2.24, 2.45) is 0 Å². The number of thiazole rings is 1. The van der Waals surface area contributed by atoms with Gasteiger partial charge in [-0.05, 0) is 17.5 Å². The van der Waals surface area contributed by atoms with Gasteiger partial charge in [0.25, 0.3) is 5.91 Å². The first-order valence-corrected chi connectivity index (χ1v) is 10.2. The zero-order valence-electron chi connectivity index (χ0n) is 14.3. The van der Waals surface area contributed by atoms with E-state index < -0.39 is 0 Å². The molecule has 3 aromatic rings. The van der Waals surface area contributed by atoms with E-state index in [4.69, 9.17) is 4.74 Å². The van der Waals surface area contributed by atoms with E-state index in [1.807, 2.05) is 52.1 Å². The molecular formula is C19H19N3O2S2. The summed E-state index contributed by atoms with van der Waals surface area (Å²) in [5.41, 5.74) is 1.53. The van der Waals surface area contributed by atoms with Crippen LogP contribution in [0.2, 0.25) is 0 Å². The fourth-order valence-corrected chi connectivity index (χ4v) is 4.81. The van der Waals surface area contributed by atoms with E-state index in [0.29, 0.717) is 18.8 Å². The van der Waals surface area contributed by atoms with E-state index in [9.17, 15) is 4.79 Å². The minimum Gasteiger partial charge on any atom is -0.496 e. The predicted octanol–water partition coefficient (Wildman–Crippen LogP) is 3.67. The summed E-state index contributed by atoms with van der Waals surface area (Å²) < 4.78 is 5.51. The molecule has 7 heteroatoms. The number of ether oxygens (including phenoxy) is 1. The number of piperazine rings is 1. The molecule has 3 heterocycles. The largest absolute Gasteiger partial charge is 0.496 e. The minimum absolute atomic E-state index is 0.0264. The van der Waals surface area contributed by atoms with Gasteiger partial charge in [0.1, 0.15) is 16.5 Å². The van der Waals surface area contributed by atoms with Crippen LogP contribution in [-0.4, -0.2) is 42.5 Å². The molecule has 1 N–H and O–H groups in total. The quantitative estimate of drug-likeness (QED) is 0.745. The van der Waals surface area contributed by atoms with Crippen LogP contribution in [0.3, 0.4) is 0 Å². The predicted molar refractivity (Wildman–Crippen MR) is 105 cm³/mol. The van der Waals surface area contributed by atoms with Crippen LogP contribution in [0.1, 0.15) is 22.1 Å². The molecule has 5 nitrogen and oxygen atoms in total. The maximum absolute atomic E-state index is 13.2. The van der Waals surface area contributed by atoms with Crippen molar-refractivity contribution < 1.29 is 9.53 Å². The summed E-state index contributed by atoms with van der Waals surface area (Å²) in [5.74, 6) is 0.776. The van der Waals surface area contributed by atoms with Crippen LogP contribution in [0, 0.1) is 0 Å². The van der Waals surface area contributed by atoms with Gasteiger partial charge in [-0.1, -0.05) is 24.3 Å². The first-order chi connectivity index (χ1) is 12.8. The van der Waals surface area contributed by atoms with E-state index in [-0.39, 0.29) is 11.9 Å². The number of carbonyl (C=O) groups is 1. The van der Waals surface area contributed by atoms with E-state index in [0.717, 1.165) is 27.7 Å². The number of nitrogens with zero attached hydrogens (tertiary/aromatic N) is 2. The van der Waals surface area contributed by atoms with E-state index in [1.165, 1.54) is 11.3 Å². The Labute approximate surface area is 160 Å². The Bertz CT molecular complexity index is 892. The van der Waals surface area contributed by atoms with Gasteiger partial charge in [-0.25, -0.2) is 4.98 Å². The summed E-state index contributed by atoms with van der Waals surface area (Å²) in [6.07, 6.45) is 0. The number of nitrogens with one attached hydrogen (secondary N) is 1. The molecule has 1 fully saturated rings. The molecule has 1 aliphatic heterocycles. The average molecular weight is 386 g/mol. The van der Waals surface area contributed by atoms with Gasteiger partial charge in [-0.3, -0.25) is 4.79 Å². The minimum atomic E-state index is -0.0701. The summed E-state index contributed by atoms with van der Waals surface area (Å²) in [4.78, 5) is 20.8. The first-order valence-electron chi connectivity index (χ1n) is 8.42. The number of para-hydroxylation sites is 1. The van der Waals surface area contributed by atoms with Gasteiger partial charge in [0.05, 0.1) is 18.0 Å². The maximum atomic E-state index is 13.2. The van der Waals surface area contributed by atoms with Gasteiger partial charge in [0.15, 0.2) is 0 Å². The van der Waals surface area contributed by atoms with Crippen molar-refractivity contribution in [3.05, 3.63) is 58.4 Å². The molecule has 1 saturated heterocycles. The zero-order valence-corrected chi connectivity index (χ0v) is 16.0. The lowest BCUT2D eigenvalue weighted by Crippen LogP contribution is -2.48. The summed E-state index contributed by atoms with van der Waals surface area (Å²) in [6.45, 7) is 2.13. The molecule has 0 spiro atoms. The SMILES string of the molecule is COc1ccccc1C1CNCCN1C(=O)c1csc(-c2cccs2)n1. The number of methoxy groups -OCH3 is 1. The van der Waals surface area contributed by atoms with Crippen LogP contribution in [0.15, 0.2) is 47.2 Å². The highest BCUT2D eigenvalue weighted by atomic mass is 32.1. The molecule has 26 heavy (non-hydrogen) atoms. The number of thiophene rings is 1. The van der Waals surface area contributed by atoms with Gasteiger partial charge < -0.3 is 15.0 Å². The molecule has 0 aliphatic carbocycles. The molecule has 1 unspecified atom stereocenters. The smallest absolute Gasteiger partial charge is 0.273 e. The molecule has 134 valence electrons. The first kappa shape index (κ1) is 17.2. The van der Waals surface area contributed by atoms with Gasteiger partial charge in [-0.15, -0.1) is 22.7 Å². The Morgan fingerprint density at radius 3 is 2.96 bits per heavy atom. The fourth-order valence-electron chi connectivity index (χ4n) is 3.20. The molecule has 1 aliphatic rings. The second-order valence-electron chi connectivity index (χ2n) is 5.98.